The smallest absolute Gasteiger partial charge is 0.318 e. The molecule has 1 unspecified atom stereocenters. The van der Waals surface area contributed by atoms with E-state index >= 15 is 0 Å². The van der Waals surface area contributed by atoms with Crippen LogP contribution in [0.2, 0.25) is 0 Å². The largest absolute Gasteiger partial charge is 0.346 e. The van der Waals surface area contributed by atoms with Crippen molar-refractivity contribution in [2.45, 2.75) is 38.9 Å². The van der Waals surface area contributed by atoms with Crippen LogP contribution in [0.15, 0.2) is 24.3 Å². The van der Waals surface area contributed by atoms with Gasteiger partial charge in [-0.1, -0.05) is 31.2 Å². The number of rotatable bonds is 4. The first-order valence-corrected chi connectivity index (χ1v) is 8.28. The summed E-state index contributed by atoms with van der Waals surface area (Å²) in [6, 6.07) is 8.52. The van der Waals surface area contributed by atoms with Crippen molar-refractivity contribution >= 4 is 12.0 Å². The highest BCUT2D eigenvalue weighted by Crippen LogP contribution is 2.24. The van der Waals surface area contributed by atoms with E-state index in [1.165, 1.54) is 11.1 Å². The molecule has 1 atom stereocenters. The first-order valence-electron chi connectivity index (χ1n) is 8.28. The SMILES string of the molecule is CCC1Cc2ccccc2CN1C(=O)NCc1nc(N(C)C)n[nH]1. The maximum atomic E-state index is 12.6. The summed E-state index contributed by atoms with van der Waals surface area (Å²) in [6.45, 7) is 3.12. The number of aromatic amines is 1. The Bertz CT molecular complexity index is 711. The number of hydrogen-bond donors (Lipinski definition) is 2. The number of benzene rings is 1. The van der Waals surface area contributed by atoms with Crippen molar-refractivity contribution in [2.75, 3.05) is 19.0 Å². The van der Waals surface area contributed by atoms with Gasteiger partial charge in [0.05, 0.1) is 6.54 Å². The van der Waals surface area contributed by atoms with Gasteiger partial charge in [0.1, 0.15) is 5.82 Å². The molecule has 0 saturated carbocycles. The molecular formula is C17H24N6O. The van der Waals surface area contributed by atoms with Gasteiger partial charge in [-0.25, -0.2) is 4.79 Å². The third kappa shape index (κ3) is 3.34. The number of fused-ring (bicyclic) bond motifs is 1. The van der Waals surface area contributed by atoms with Gasteiger partial charge >= 0.3 is 6.03 Å². The van der Waals surface area contributed by atoms with Gasteiger partial charge in [-0.05, 0) is 24.0 Å². The third-order valence-corrected chi connectivity index (χ3v) is 4.41. The lowest BCUT2D eigenvalue weighted by Gasteiger charge is -2.36. The lowest BCUT2D eigenvalue weighted by molar-refractivity contribution is 0.160. The van der Waals surface area contributed by atoms with Crippen molar-refractivity contribution < 1.29 is 4.79 Å². The summed E-state index contributed by atoms with van der Waals surface area (Å²) in [5, 5.41) is 9.89. The van der Waals surface area contributed by atoms with Crippen molar-refractivity contribution in [3.8, 4) is 0 Å². The van der Waals surface area contributed by atoms with Gasteiger partial charge in [-0.15, -0.1) is 5.10 Å². The molecule has 0 spiro atoms. The minimum absolute atomic E-state index is 0.0563. The van der Waals surface area contributed by atoms with E-state index in [1.54, 1.807) is 0 Å². The highest BCUT2D eigenvalue weighted by molar-refractivity contribution is 5.75. The molecule has 7 nitrogen and oxygen atoms in total. The van der Waals surface area contributed by atoms with Crippen molar-refractivity contribution in [1.82, 2.24) is 25.4 Å². The molecule has 0 aliphatic carbocycles. The molecule has 0 fully saturated rings. The molecule has 1 aliphatic rings. The zero-order valence-electron chi connectivity index (χ0n) is 14.4. The van der Waals surface area contributed by atoms with Crippen LogP contribution in [0, 0.1) is 0 Å². The predicted molar refractivity (Wildman–Crippen MR) is 92.7 cm³/mol. The zero-order valence-corrected chi connectivity index (χ0v) is 14.4. The van der Waals surface area contributed by atoms with Gasteiger partial charge in [0.2, 0.25) is 5.95 Å². The van der Waals surface area contributed by atoms with Crippen molar-refractivity contribution in [3.63, 3.8) is 0 Å². The number of hydrogen-bond acceptors (Lipinski definition) is 4. The van der Waals surface area contributed by atoms with Crippen molar-refractivity contribution in [3.05, 3.63) is 41.2 Å². The van der Waals surface area contributed by atoms with Gasteiger partial charge in [-0.2, -0.15) is 4.98 Å². The van der Waals surface area contributed by atoms with Crippen LogP contribution in [0.25, 0.3) is 0 Å². The fraction of sp³-hybridized carbons (Fsp3) is 0.471. The Hall–Kier alpha value is -2.57. The van der Waals surface area contributed by atoms with Crippen molar-refractivity contribution in [1.29, 1.82) is 0 Å². The summed E-state index contributed by atoms with van der Waals surface area (Å²) in [7, 11) is 3.76. The van der Waals surface area contributed by atoms with E-state index in [1.807, 2.05) is 30.0 Å². The van der Waals surface area contributed by atoms with Crippen LogP contribution in [0.3, 0.4) is 0 Å². The van der Waals surface area contributed by atoms with E-state index in [9.17, 15) is 4.79 Å². The predicted octanol–water partition coefficient (Wildman–Crippen LogP) is 1.92. The second-order valence-corrected chi connectivity index (χ2v) is 6.30. The number of anilines is 1. The third-order valence-electron chi connectivity index (χ3n) is 4.41. The summed E-state index contributed by atoms with van der Waals surface area (Å²) in [4.78, 5) is 20.7. The van der Waals surface area contributed by atoms with Crippen molar-refractivity contribution in [2.24, 2.45) is 0 Å². The lowest BCUT2D eigenvalue weighted by atomic mass is 9.93. The summed E-state index contributed by atoms with van der Waals surface area (Å²) in [5.74, 6) is 1.26. The van der Waals surface area contributed by atoms with Crippen LogP contribution in [-0.2, 0) is 19.5 Å². The fourth-order valence-electron chi connectivity index (χ4n) is 3.02. The molecule has 7 heteroatoms. The van der Waals surface area contributed by atoms with E-state index in [-0.39, 0.29) is 12.1 Å². The molecule has 2 aromatic rings. The maximum absolute atomic E-state index is 12.6. The van der Waals surface area contributed by atoms with Crippen LogP contribution in [-0.4, -0.2) is 46.2 Å². The highest BCUT2D eigenvalue weighted by atomic mass is 16.2. The maximum Gasteiger partial charge on any atom is 0.318 e. The van der Waals surface area contributed by atoms with Crippen LogP contribution >= 0.6 is 0 Å². The molecule has 2 amide bonds. The molecule has 2 N–H and O–H groups in total. The number of nitrogens with zero attached hydrogens (tertiary/aromatic N) is 4. The summed E-state index contributed by atoms with van der Waals surface area (Å²) >= 11 is 0. The van der Waals surface area contributed by atoms with E-state index in [2.05, 4.69) is 45.6 Å². The molecule has 24 heavy (non-hydrogen) atoms. The Morgan fingerprint density at radius 3 is 2.79 bits per heavy atom. The molecule has 0 bridgehead atoms. The second-order valence-electron chi connectivity index (χ2n) is 6.30. The Morgan fingerprint density at radius 2 is 2.12 bits per heavy atom. The monoisotopic (exact) mass is 328 g/mol. The molecule has 0 saturated heterocycles. The number of nitrogens with one attached hydrogen (secondary N) is 2. The van der Waals surface area contributed by atoms with Gasteiger partial charge in [0.25, 0.3) is 0 Å². The van der Waals surface area contributed by atoms with E-state index < -0.39 is 0 Å². The zero-order chi connectivity index (χ0) is 17.1. The van der Waals surface area contributed by atoms with E-state index in [0.29, 0.717) is 24.9 Å². The van der Waals surface area contributed by atoms with Crippen LogP contribution in [0.1, 0.15) is 30.3 Å². The average Bonchev–Trinajstić information content (AvgIpc) is 3.07. The minimum atomic E-state index is -0.0563. The second kappa shape index (κ2) is 6.90. The number of aromatic nitrogens is 3. The molecular weight excluding hydrogens is 304 g/mol. The molecule has 128 valence electrons. The lowest BCUT2D eigenvalue weighted by Crippen LogP contribution is -2.48. The summed E-state index contributed by atoms with van der Waals surface area (Å²) in [5.41, 5.74) is 2.58. The number of carbonyl (C=O) groups is 1. The Labute approximate surface area is 142 Å². The van der Waals surface area contributed by atoms with Gasteiger partial charge in [-0.3, -0.25) is 5.10 Å². The average molecular weight is 328 g/mol. The molecule has 3 rings (SSSR count). The molecule has 0 radical (unpaired) electrons. The number of urea groups is 1. The Balaban J connectivity index is 1.65. The van der Waals surface area contributed by atoms with Gasteiger partial charge in [0.15, 0.2) is 0 Å². The first kappa shape index (κ1) is 16.3. The summed E-state index contributed by atoms with van der Waals surface area (Å²) in [6.07, 6.45) is 1.85. The highest BCUT2D eigenvalue weighted by Gasteiger charge is 2.28. The van der Waals surface area contributed by atoms with Crippen LogP contribution in [0.5, 0.6) is 0 Å². The molecule has 1 aromatic heterocycles. The normalized spacial score (nSPS) is 16.6. The van der Waals surface area contributed by atoms with Gasteiger partial charge in [0, 0.05) is 26.7 Å². The molecule has 1 aromatic carbocycles. The molecule has 2 heterocycles. The minimum Gasteiger partial charge on any atom is -0.346 e. The van der Waals surface area contributed by atoms with Gasteiger partial charge < -0.3 is 15.1 Å². The van der Waals surface area contributed by atoms with E-state index in [0.717, 1.165) is 12.8 Å². The number of carbonyl (C=O) groups excluding carboxylic acids is 1. The standard InChI is InChI=1S/C17H24N6O/c1-4-14-9-12-7-5-6-8-13(12)11-23(14)17(24)18-10-15-19-16(21-20-15)22(2)3/h5-8,14H,4,9-11H2,1-3H3,(H,18,24)(H,19,20,21). The number of amides is 2. The van der Waals surface area contributed by atoms with E-state index in [4.69, 9.17) is 0 Å². The number of H-pyrrole nitrogens is 1. The van der Waals surface area contributed by atoms with Crippen LogP contribution < -0.4 is 10.2 Å². The quantitative estimate of drug-likeness (QED) is 0.899. The Morgan fingerprint density at radius 1 is 1.38 bits per heavy atom. The fourth-order valence-corrected chi connectivity index (χ4v) is 3.02. The summed E-state index contributed by atoms with van der Waals surface area (Å²) < 4.78 is 0. The Kier molecular flexibility index (Phi) is 4.69. The van der Waals surface area contributed by atoms with Crippen LogP contribution in [0.4, 0.5) is 10.7 Å². The topological polar surface area (TPSA) is 77.2 Å². The molecule has 1 aliphatic heterocycles. The first-order chi connectivity index (χ1) is 11.6.